The minimum atomic E-state index is 0.242. The second-order valence-electron chi connectivity index (χ2n) is 4.75. The molecule has 0 spiro atoms. The van der Waals surface area contributed by atoms with E-state index in [1.807, 2.05) is 23.1 Å². The van der Waals surface area contributed by atoms with Gasteiger partial charge in [-0.05, 0) is 34.3 Å². The molecule has 0 aromatic carbocycles. The molecule has 17 heavy (non-hydrogen) atoms. The highest BCUT2D eigenvalue weighted by atomic mass is 79.9. The van der Waals surface area contributed by atoms with Crippen LogP contribution in [0.4, 0.5) is 0 Å². The zero-order valence-corrected chi connectivity index (χ0v) is 14.2. The van der Waals surface area contributed by atoms with Gasteiger partial charge in [-0.15, -0.1) is 23.1 Å². The molecule has 1 nitrogen and oxygen atoms in total. The highest BCUT2D eigenvalue weighted by Gasteiger charge is 2.24. The number of nitrogens with two attached hydrogens (primary N) is 1. The summed E-state index contributed by atoms with van der Waals surface area (Å²) in [5, 5.41) is 3.21. The fraction of sp³-hybridized carbons (Fsp3) is 0.692. The van der Waals surface area contributed by atoms with Gasteiger partial charge in [0.25, 0.3) is 0 Å². The van der Waals surface area contributed by atoms with Crippen molar-refractivity contribution >= 4 is 39.0 Å². The Hall–Kier alpha value is 0.490. The lowest BCUT2D eigenvalue weighted by atomic mass is 10.1. The van der Waals surface area contributed by atoms with Gasteiger partial charge in [0.05, 0.1) is 5.25 Å². The largest absolute Gasteiger partial charge is 0.326 e. The molecule has 0 fully saturated rings. The molecule has 98 valence electrons. The van der Waals surface area contributed by atoms with Crippen LogP contribution < -0.4 is 5.73 Å². The Morgan fingerprint density at radius 3 is 2.47 bits per heavy atom. The van der Waals surface area contributed by atoms with E-state index < -0.39 is 0 Å². The van der Waals surface area contributed by atoms with Crippen LogP contribution >= 0.6 is 39.0 Å². The van der Waals surface area contributed by atoms with E-state index in [0.29, 0.717) is 16.4 Å². The minimum absolute atomic E-state index is 0.242. The third-order valence-corrected chi connectivity index (χ3v) is 6.82. The zero-order chi connectivity index (χ0) is 13.0. The monoisotopic (exact) mass is 335 g/mol. The van der Waals surface area contributed by atoms with Crippen molar-refractivity contribution in [1.82, 2.24) is 0 Å². The number of halogens is 1. The van der Waals surface area contributed by atoms with Crippen molar-refractivity contribution in [2.45, 2.75) is 50.7 Å². The lowest BCUT2D eigenvalue weighted by Crippen LogP contribution is -2.27. The van der Waals surface area contributed by atoms with E-state index in [1.165, 1.54) is 9.35 Å². The molecule has 0 aliphatic carbocycles. The molecule has 0 saturated carbocycles. The van der Waals surface area contributed by atoms with Crippen LogP contribution in [0.5, 0.6) is 0 Å². The summed E-state index contributed by atoms with van der Waals surface area (Å²) in [5.74, 6) is 0.690. The SMILES string of the molecule is CCC(N)C(SC(C)C(C)C)c1cc(Br)cs1. The van der Waals surface area contributed by atoms with E-state index in [2.05, 4.69) is 55.1 Å². The van der Waals surface area contributed by atoms with Crippen molar-refractivity contribution in [2.24, 2.45) is 11.7 Å². The van der Waals surface area contributed by atoms with Crippen molar-refractivity contribution in [2.75, 3.05) is 0 Å². The number of hydrogen-bond donors (Lipinski definition) is 1. The average molecular weight is 336 g/mol. The molecule has 0 saturated heterocycles. The van der Waals surface area contributed by atoms with E-state index in [4.69, 9.17) is 5.73 Å². The van der Waals surface area contributed by atoms with Gasteiger partial charge < -0.3 is 5.73 Å². The average Bonchev–Trinajstić information content (AvgIpc) is 2.70. The number of rotatable bonds is 6. The molecule has 1 aromatic rings. The fourth-order valence-electron chi connectivity index (χ4n) is 1.46. The summed E-state index contributed by atoms with van der Waals surface area (Å²) in [4.78, 5) is 1.39. The van der Waals surface area contributed by atoms with Crippen LogP contribution in [0.25, 0.3) is 0 Å². The van der Waals surface area contributed by atoms with Crippen molar-refractivity contribution in [3.05, 3.63) is 20.8 Å². The first-order valence-electron chi connectivity index (χ1n) is 6.10. The number of thioether (sulfide) groups is 1. The quantitative estimate of drug-likeness (QED) is 0.785. The second-order valence-corrected chi connectivity index (χ2v) is 8.13. The molecule has 3 atom stereocenters. The molecule has 0 amide bonds. The van der Waals surface area contributed by atoms with E-state index >= 15 is 0 Å². The summed E-state index contributed by atoms with van der Waals surface area (Å²) in [5.41, 5.74) is 6.28. The van der Waals surface area contributed by atoms with E-state index in [9.17, 15) is 0 Å². The first-order chi connectivity index (χ1) is 7.95. The molecule has 0 aliphatic rings. The van der Waals surface area contributed by atoms with Gasteiger partial charge >= 0.3 is 0 Å². The van der Waals surface area contributed by atoms with Gasteiger partial charge in [0.2, 0.25) is 0 Å². The highest BCUT2D eigenvalue weighted by molar-refractivity contribution is 9.10. The Balaban J connectivity index is 2.81. The first-order valence-corrected chi connectivity index (χ1v) is 8.72. The third kappa shape index (κ3) is 4.58. The predicted molar refractivity (Wildman–Crippen MR) is 84.9 cm³/mol. The number of hydrogen-bond acceptors (Lipinski definition) is 3. The maximum absolute atomic E-state index is 6.28. The van der Waals surface area contributed by atoms with Crippen LogP contribution in [0.3, 0.4) is 0 Å². The predicted octanol–water partition coefficient (Wildman–Crippen LogP) is 5.07. The summed E-state index contributed by atoms with van der Waals surface area (Å²) < 4.78 is 1.17. The Kier molecular flexibility index (Phi) is 6.56. The van der Waals surface area contributed by atoms with Gasteiger partial charge in [0.15, 0.2) is 0 Å². The molecular formula is C13H22BrNS2. The van der Waals surface area contributed by atoms with Crippen molar-refractivity contribution in [1.29, 1.82) is 0 Å². The Bertz CT molecular complexity index is 338. The molecular weight excluding hydrogens is 314 g/mol. The molecule has 3 unspecified atom stereocenters. The van der Waals surface area contributed by atoms with Crippen LogP contribution in [0.1, 0.15) is 44.2 Å². The molecule has 1 rings (SSSR count). The van der Waals surface area contributed by atoms with Gasteiger partial charge in [-0.25, -0.2) is 0 Å². The normalized spacial score (nSPS) is 17.1. The van der Waals surface area contributed by atoms with Crippen molar-refractivity contribution < 1.29 is 0 Å². The maximum Gasteiger partial charge on any atom is 0.0545 e. The van der Waals surface area contributed by atoms with Crippen LogP contribution in [-0.4, -0.2) is 11.3 Å². The topological polar surface area (TPSA) is 26.0 Å². The molecule has 0 radical (unpaired) electrons. The molecule has 1 aromatic heterocycles. The molecule has 0 aliphatic heterocycles. The van der Waals surface area contributed by atoms with Crippen LogP contribution in [0.2, 0.25) is 0 Å². The Morgan fingerprint density at radius 2 is 2.06 bits per heavy atom. The van der Waals surface area contributed by atoms with Gasteiger partial charge in [0.1, 0.15) is 0 Å². The fourth-order valence-corrected chi connectivity index (χ4v) is 4.66. The van der Waals surface area contributed by atoms with Crippen LogP contribution in [0, 0.1) is 5.92 Å². The summed E-state index contributed by atoms with van der Waals surface area (Å²) in [6, 6.07) is 2.46. The summed E-state index contributed by atoms with van der Waals surface area (Å²) in [7, 11) is 0. The van der Waals surface area contributed by atoms with Crippen LogP contribution in [-0.2, 0) is 0 Å². The van der Waals surface area contributed by atoms with Crippen molar-refractivity contribution in [3.8, 4) is 0 Å². The van der Waals surface area contributed by atoms with Gasteiger partial charge in [-0.1, -0.05) is 27.7 Å². The summed E-state index contributed by atoms with van der Waals surface area (Å²) in [6.45, 7) is 9.02. The van der Waals surface area contributed by atoms with Crippen molar-refractivity contribution in [3.63, 3.8) is 0 Å². The highest BCUT2D eigenvalue weighted by Crippen LogP contribution is 2.41. The lowest BCUT2D eigenvalue weighted by Gasteiger charge is -2.26. The smallest absolute Gasteiger partial charge is 0.0545 e. The van der Waals surface area contributed by atoms with Gasteiger partial charge in [-0.3, -0.25) is 0 Å². The van der Waals surface area contributed by atoms with Gasteiger partial charge in [-0.2, -0.15) is 0 Å². The van der Waals surface area contributed by atoms with E-state index in [1.54, 1.807) is 0 Å². The lowest BCUT2D eigenvalue weighted by molar-refractivity contribution is 0.613. The Labute approximate surface area is 122 Å². The minimum Gasteiger partial charge on any atom is -0.326 e. The van der Waals surface area contributed by atoms with E-state index in [-0.39, 0.29) is 6.04 Å². The summed E-state index contributed by atoms with van der Waals surface area (Å²) in [6.07, 6.45) is 1.03. The Morgan fingerprint density at radius 1 is 1.41 bits per heavy atom. The molecule has 1 heterocycles. The third-order valence-electron chi connectivity index (χ3n) is 3.03. The molecule has 2 N–H and O–H groups in total. The number of thiophene rings is 1. The standard InChI is InChI=1S/C13H22BrNS2/c1-5-11(15)13(17-9(4)8(2)3)12-6-10(14)7-16-12/h6-9,11,13H,5,15H2,1-4H3. The van der Waals surface area contributed by atoms with E-state index in [0.717, 1.165) is 6.42 Å². The second kappa shape index (κ2) is 7.17. The maximum atomic E-state index is 6.28. The summed E-state index contributed by atoms with van der Waals surface area (Å²) >= 11 is 7.35. The molecule has 4 heteroatoms. The van der Waals surface area contributed by atoms with Crippen LogP contribution in [0.15, 0.2) is 15.9 Å². The van der Waals surface area contributed by atoms with Gasteiger partial charge in [0, 0.05) is 26.0 Å². The first kappa shape index (κ1) is 15.5. The molecule has 0 bridgehead atoms. The zero-order valence-electron chi connectivity index (χ0n) is 10.9.